The maximum atomic E-state index is 5.89. The van der Waals surface area contributed by atoms with E-state index < -0.39 is 0 Å². The molecule has 1 N–H and O–H groups in total. The fourth-order valence-corrected chi connectivity index (χ4v) is 1.06. The lowest BCUT2D eigenvalue weighted by Crippen LogP contribution is -2.20. The zero-order valence-corrected chi connectivity index (χ0v) is 8.16. The van der Waals surface area contributed by atoms with Crippen LogP contribution in [-0.2, 0) is 4.74 Å². The maximum Gasteiger partial charge on any atom is 0.0626 e. The van der Waals surface area contributed by atoms with Crippen molar-refractivity contribution in [2.24, 2.45) is 0 Å². The third-order valence-electron chi connectivity index (χ3n) is 1.41. The molecule has 0 fully saturated rings. The summed E-state index contributed by atoms with van der Waals surface area (Å²) in [5.41, 5.74) is 0. The van der Waals surface area contributed by atoms with Crippen molar-refractivity contribution in [1.82, 2.24) is 5.32 Å². The van der Waals surface area contributed by atoms with Gasteiger partial charge >= 0.3 is 0 Å². The molecule has 0 heterocycles. The van der Waals surface area contributed by atoms with Crippen LogP contribution in [0.4, 0.5) is 0 Å². The van der Waals surface area contributed by atoms with Crippen molar-refractivity contribution >= 4 is 11.6 Å². The zero-order chi connectivity index (χ0) is 8.53. The minimum absolute atomic E-state index is 0.157. The minimum atomic E-state index is 0.157. The van der Waals surface area contributed by atoms with Crippen molar-refractivity contribution in [3.05, 3.63) is 0 Å². The van der Waals surface area contributed by atoms with Gasteiger partial charge in [-0.2, -0.15) is 0 Å². The second kappa shape index (κ2) is 8.31. The summed E-state index contributed by atoms with van der Waals surface area (Å²) in [7, 11) is 1.68. The lowest BCUT2D eigenvalue weighted by molar-refractivity contribution is 0.195. The summed E-state index contributed by atoms with van der Waals surface area (Å²) in [6.45, 7) is 4.87. The maximum absolute atomic E-state index is 5.89. The van der Waals surface area contributed by atoms with Gasteiger partial charge in [0.25, 0.3) is 0 Å². The molecule has 0 aromatic carbocycles. The summed E-state index contributed by atoms with van der Waals surface area (Å²) < 4.78 is 4.90. The van der Waals surface area contributed by atoms with Gasteiger partial charge < -0.3 is 10.1 Å². The quantitative estimate of drug-likeness (QED) is 0.474. The van der Waals surface area contributed by atoms with Crippen LogP contribution in [0.2, 0.25) is 0 Å². The van der Waals surface area contributed by atoms with Gasteiger partial charge in [0.05, 0.1) is 12.0 Å². The molecular weight excluding hydrogens is 162 g/mol. The molecule has 0 aliphatic rings. The summed E-state index contributed by atoms with van der Waals surface area (Å²) in [5.74, 6) is 0. The van der Waals surface area contributed by atoms with Crippen LogP contribution in [0.3, 0.4) is 0 Å². The van der Waals surface area contributed by atoms with E-state index in [4.69, 9.17) is 16.3 Å². The fraction of sp³-hybridized carbons (Fsp3) is 1.00. The first-order chi connectivity index (χ1) is 5.31. The van der Waals surface area contributed by atoms with Gasteiger partial charge in [0.1, 0.15) is 0 Å². The van der Waals surface area contributed by atoms with Gasteiger partial charge in [-0.05, 0) is 25.9 Å². The summed E-state index contributed by atoms with van der Waals surface area (Å²) >= 11 is 5.89. The first-order valence-electron chi connectivity index (χ1n) is 4.15. The number of alkyl halides is 1. The minimum Gasteiger partial charge on any atom is -0.383 e. The Morgan fingerprint density at radius 3 is 2.73 bits per heavy atom. The van der Waals surface area contributed by atoms with Crippen LogP contribution in [-0.4, -0.2) is 32.2 Å². The number of hydrogen-bond acceptors (Lipinski definition) is 2. The lowest BCUT2D eigenvalue weighted by atomic mass is 10.3. The van der Waals surface area contributed by atoms with Crippen molar-refractivity contribution in [3.8, 4) is 0 Å². The average molecular weight is 180 g/mol. The van der Waals surface area contributed by atoms with Crippen LogP contribution in [0, 0.1) is 0 Å². The highest BCUT2D eigenvalue weighted by Gasteiger charge is 2.01. The smallest absolute Gasteiger partial charge is 0.0626 e. The Morgan fingerprint density at radius 1 is 1.45 bits per heavy atom. The van der Waals surface area contributed by atoms with Gasteiger partial charge in [-0.15, -0.1) is 11.6 Å². The molecule has 0 saturated carbocycles. The number of rotatable bonds is 7. The number of halogens is 1. The Bertz CT molecular complexity index is 80.5. The van der Waals surface area contributed by atoms with Crippen molar-refractivity contribution in [2.45, 2.75) is 25.1 Å². The van der Waals surface area contributed by atoms with E-state index in [9.17, 15) is 0 Å². The van der Waals surface area contributed by atoms with E-state index in [0.717, 1.165) is 19.5 Å². The molecule has 0 aromatic rings. The Labute approximate surface area is 74.3 Å². The topological polar surface area (TPSA) is 21.3 Å². The van der Waals surface area contributed by atoms with Crippen LogP contribution < -0.4 is 5.32 Å². The molecule has 0 rings (SSSR count). The zero-order valence-electron chi connectivity index (χ0n) is 7.40. The fourth-order valence-electron chi connectivity index (χ4n) is 0.825. The van der Waals surface area contributed by atoms with Gasteiger partial charge in [0, 0.05) is 7.11 Å². The number of hydrogen-bond donors (Lipinski definition) is 1. The van der Waals surface area contributed by atoms with Crippen LogP contribution in [0.25, 0.3) is 0 Å². The highest BCUT2D eigenvalue weighted by Crippen LogP contribution is 2.00. The number of nitrogens with one attached hydrogen (secondary N) is 1. The van der Waals surface area contributed by atoms with Gasteiger partial charge in [-0.25, -0.2) is 0 Å². The molecule has 2 nitrogen and oxygen atoms in total. The molecule has 68 valence electrons. The predicted octanol–water partition coefficient (Wildman–Crippen LogP) is 1.63. The molecule has 0 saturated heterocycles. The third-order valence-corrected chi connectivity index (χ3v) is 1.75. The third kappa shape index (κ3) is 8.11. The van der Waals surface area contributed by atoms with Crippen molar-refractivity contribution < 1.29 is 4.74 Å². The van der Waals surface area contributed by atoms with E-state index >= 15 is 0 Å². The Kier molecular flexibility index (Phi) is 8.47. The number of methoxy groups -OCH3 is 1. The van der Waals surface area contributed by atoms with Gasteiger partial charge in [0.15, 0.2) is 0 Å². The second-order valence-corrected chi connectivity index (χ2v) is 3.21. The summed E-state index contributed by atoms with van der Waals surface area (Å²) in [6, 6.07) is 0. The molecular formula is C8H18ClNO. The second-order valence-electron chi connectivity index (χ2n) is 2.59. The van der Waals surface area contributed by atoms with Gasteiger partial charge in [-0.1, -0.05) is 6.92 Å². The van der Waals surface area contributed by atoms with Crippen molar-refractivity contribution in [1.29, 1.82) is 0 Å². The highest BCUT2D eigenvalue weighted by molar-refractivity contribution is 6.20. The summed E-state index contributed by atoms with van der Waals surface area (Å²) in [6.07, 6.45) is 2.16. The first-order valence-corrected chi connectivity index (χ1v) is 4.58. The van der Waals surface area contributed by atoms with Gasteiger partial charge in [0.2, 0.25) is 0 Å². The molecule has 0 aliphatic heterocycles. The van der Waals surface area contributed by atoms with E-state index in [1.807, 2.05) is 0 Å². The molecule has 0 aliphatic carbocycles. The Morgan fingerprint density at radius 2 is 2.18 bits per heavy atom. The highest BCUT2D eigenvalue weighted by atomic mass is 35.5. The van der Waals surface area contributed by atoms with Crippen LogP contribution in [0.1, 0.15) is 19.8 Å². The normalized spacial score (nSPS) is 13.4. The van der Waals surface area contributed by atoms with Crippen LogP contribution in [0.5, 0.6) is 0 Å². The van der Waals surface area contributed by atoms with E-state index in [1.54, 1.807) is 7.11 Å². The molecule has 0 spiro atoms. The molecule has 1 atom stereocenters. The van der Waals surface area contributed by atoms with Crippen molar-refractivity contribution in [3.63, 3.8) is 0 Å². The van der Waals surface area contributed by atoms with E-state index in [2.05, 4.69) is 12.2 Å². The predicted molar refractivity (Wildman–Crippen MR) is 49.3 cm³/mol. The monoisotopic (exact) mass is 179 g/mol. The molecule has 0 aromatic heterocycles. The standard InChI is InChI=1S/C8H18ClNO/c1-3-5-10-6-4-8(9)7-11-2/h8,10H,3-7H2,1-2H3. The van der Waals surface area contributed by atoms with E-state index in [-0.39, 0.29) is 5.38 Å². The summed E-state index contributed by atoms with van der Waals surface area (Å²) in [4.78, 5) is 0. The molecule has 0 radical (unpaired) electrons. The van der Waals surface area contributed by atoms with E-state index in [1.165, 1.54) is 6.42 Å². The average Bonchev–Trinajstić information content (AvgIpc) is 1.99. The molecule has 11 heavy (non-hydrogen) atoms. The molecule has 0 bridgehead atoms. The van der Waals surface area contributed by atoms with E-state index in [0.29, 0.717) is 6.61 Å². The van der Waals surface area contributed by atoms with Gasteiger partial charge in [-0.3, -0.25) is 0 Å². The number of ether oxygens (including phenoxy) is 1. The largest absolute Gasteiger partial charge is 0.383 e. The molecule has 0 amide bonds. The van der Waals surface area contributed by atoms with Crippen LogP contribution >= 0.6 is 11.6 Å². The lowest BCUT2D eigenvalue weighted by Gasteiger charge is -2.07. The molecule has 1 unspecified atom stereocenters. The van der Waals surface area contributed by atoms with Crippen molar-refractivity contribution in [2.75, 3.05) is 26.8 Å². The van der Waals surface area contributed by atoms with Crippen LogP contribution in [0.15, 0.2) is 0 Å². The first kappa shape index (κ1) is 11.2. The SMILES string of the molecule is CCCNCCC(Cl)COC. The Balaban J connectivity index is 2.97. The Hall–Kier alpha value is 0.210. The molecule has 3 heteroatoms. The summed E-state index contributed by atoms with van der Waals surface area (Å²) in [5, 5.41) is 3.44.